The van der Waals surface area contributed by atoms with Gasteiger partial charge in [0.1, 0.15) is 6.23 Å². The van der Waals surface area contributed by atoms with Crippen LogP contribution in [0.1, 0.15) is 25.7 Å². The third kappa shape index (κ3) is 4.73. The Hall–Kier alpha value is -0.240. The summed E-state index contributed by atoms with van der Waals surface area (Å²) < 4.78 is 5.65. The molecule has 1 aliphatic rings. The van der Waals surface area contributed by atoms with Crippen molar-refractivity contribution in [3.05, 3.63) is 0 Å². The third-order valence-corrected chi connectivity index (χ3v) is 2.63. The summed E-state index contributed by atoms with van der Waals surface area (Å²) in [7, 11) is 3.57. The lowest BCUT2D eigenvalue weighted by Gasteiger charge is -2.30. The molecule has 2 atom stereocenters. The van der Waals surface area contributed by atoms with Gasteiger partial charge in [0.15, 0.2) is 0 Å². The molecule has 0 radical (unpaired) electrons. The average Bonchev–Trinajstić information content (AvgIpc) is 2.34. The Bertz CT molecular complexity index is 194. The van der Waals surface area contributed by atoms with Gasteiger partial charge in [0.2, 0.25) is 5.85 Å². The van der Waals surface area contributed by atoms with Crippen molar-refractivity contribution in [2.75, 3.05) is 27.3 Å². The van der Waals surface area contributed by atoms with Crippen LogP contribution in [0.5, 0.6) is 0 Å². The number of hydrogen-bond donors (Lipinski definition) is 3. The molecule has 1 aliphatic heterocycles. The molecular weight excluding hydrogens is 210 g/mol. The zero-order chi connectivity index (χ0) is 11.9. The SMILES string of the molecule is CNC1CC(N)(NC)OOCCCCCO1. The molecule has 0 aliphatic carbocycles. The van der Waals surface area contributed by atoms with E-state index in [0.29, 0.717) is 13.0 Å². The van der Waals surface area contributed by atoms with Gasteiger partial charge in [-0.15, -0.1) is 0 Å². The Morgan fingerprint density at radius 3 is 2.62 bits per heavy atom. The Morgan fingerprint density at radius 2 is 1.94 bits per heavy atom. The highest BCUT2D eigenvalue weighted by atomic mass is 17.2. The lowest BCUT2D eigenvalue weighted by Crippen LogP contribution is -2.57. The average molecular weight is 233 g/mol. The fourth-order valence-corrected chi connectivity index (χ4v) is 1.51. The van der Waals surface area contributed by atoms with Crippen LogP contribution in [0, 0.1) is 0 Å². The first-order valence-corrected chi connectivity index (χ1v) is 5.77. The molecule has 1 heterocycles. The van der Waals surface area contributed by atoms with Crippen LogP contribution in [-0.4, -0.2) is 39.4 Å². The first-order valence-electron chi connectivity index (χ1n) is 5.77. The molecule has 4 N–H and O–H groups in total. The van der Waals surface area contributed by atoms with E-state index in [1.165, 1.54) is 0 Å². The van der Waals surface area contributed by atoms with Gasteiger partial charge in [0.25, 0.3) is 0 Å². The molecule has 0 amide bonds. The van der Waals surface area contributed by atoms with Gasteiger partial charge in [-0.2, -0.15) is 4.89 Å². The first kappa shape index (κ1) is 13.8. The second-order valence-electron chi connectivity index (χ2n) is 3.96. The third-order valence-electron chi connectivity index (χ3n) is 2.63. The van der Waals surface area contributed by atoms with Gasteiger partial charge in [-0.3, -0.25) is 16.4 Å². The van der Waals surface area contributed by atoms with E-state index in [4.69, 9.17) is 20.2 Å². The summed E-state index contributed by atoms with van der Waals surface area (Å²) in [6.45, 7) is 1.29. The van der Waals surface area contributed by atoms with Crippen molar-refractivity contribution < 1.29 is 14.5 Å². The van der Waals surface area contributed by atoms with Crippen LogP contribution in [0.3, 0.4) is 0 Å². The molecule has 0 aromatic rings. The number of ether oxygens (including phenoxy) is 1. The molecule has 0 aromatic carbocycles. The molecule has 16 heavy (non-hydrogen) atoms. The highest BCUT2D eigenvalue weighted by Gasteiger charge is 2.29. The zero-order valence-corrected chi connectivity index (χ0v) is 10.1. The molecule has 6 heteroatoms. The predicted molar refractivity (Wildman–Crippen MR) is 60.3 cm³/mol. The van der Waals surface area contributed by atoms with Crippen LogP contribution in [0.15, 0.2) is 0 Å². The lowest BCUT2D eigenvalue weighted by molar-refractivity contribution is -0.372. The van der Waals surface area contributed by atoms with Crippen molar-refractivity contribution in [1.82, 2.24) is 10.6 Å². The molecule has 0 saturated carbocycles. The lowest BCUT2D eigenvalue weighted by atomic mass is 10.2. The molecule has 1 rings (SSSR count). The van der Waals surface area contributed by atoms with Gasteiger partial charge < -0.3 is 4.74 Å². The van der Waals surface area contributed by atoms with Crippen LogP contribution in [0.25, 0.3) is 0 Å². The van der Waals surface area contributed by atoms with E-state index in [9.17, 15) is 0 Å². The molecular formula is C10H23N3O3. The maximum atomic E-state index is 5.99. The monoisotopic (exact) mass is 233 g/mol. The van der Waals surface area contributed by atoms with Crippen molar-refractivity contribution in [3.63, 3.8) is 0 Å². The van der Waals surface area contributed by atoms with Crippen molar-refractivity contribution in [1.29, 1.82) is 0 Å². The van der Waals surface area contributed by atoms with Gasteiger partial charge in [-0.1, -0.05) is 0 Å². The quantitative estimate of drug-likeness (QED) is 0.457. The van der Waals surface area contributed by atoms with E-state index in [1.807, 2.05) is 7.05 Å². The second-order valence-corrected chi connectivity index (χ2v) is 3.96. The van der Waals surface area contributed by atoms with Crippen LogP contribution in [-0.2, 0) is 14.5 Å². The summed E-state index contributed by atoms with van der Waals surface area (Å²) in [5.74, 6) is -1.02. The molecule has 0 spiro atoms. The Balaban J connectivity index is 2.54. The molecule has 0 aromatic heterocycles. The van der Waals surface area contributed by atoms with E-state index in [0.717, 1.165) is 25.9 Å². The van der Waals surface area contributed by atoms with Gasteiger partial charge >= 0.3 is 0 Å². The van der Waals surface area contributed by atoms with Gasteiger partial charge in [0.05, 0.1) is 6.61 Å². The predicted octanol–water partition coefficient (Wildman–Crippen LogP) is -0.0974. The van der Waals surface area contributed by atoms with Gasteiger partial charge in [-0.05, 0) is 33.4 Å². The van der Waals surface area contributed by atoms with E-state index in [2.05, 4.69) is 10.6 Å². The summed E-state index contributed by atoms with van der Waals surface area (Å²) in [5.41, 5.74) is 5.99. The van der Waals surface area contributed by atoms with Crippen molar-refractivity contribution >= 4 is 0 Å². The number of hydrogen-bond acceptors (Lipinski definition) is 6. The molecule has 2 unspecified atom stereocenters. The van der Waals surface area contributed by atoms with Crippen LogP contribution in [0.2, 0.25) is 0 Å². The molecule has 1 saturated heterocycles. The minimum absolute atomic E-state index is 0.140. The van der Waals surface area contributed by atoms with E-state index < -0.39 is 5.85 Å². The maximum absolute atomic E-state index is 5.99. The number of rotatable bonds is 2. The summed E-state index contributed by atoms with van der Waals surface area (Å²) in [6.07, 6.45) is 3.38. The second kappa shape index (κ2) is 7.16. The topological polar surface area (TPSA) is 77.8 Å². The Labute approximate surface area is 96.7 Å². The summed E-state index contributed by atoms with van der Waals surface area (Å²) in [6, 6.07) is 0. The van der Waals surface area contributed by atoms with E-state index in [-0.39, 0.29) is 6.23 Å². The Kier molecular flexibility index (Phi) is 6.18. The largest absolute Gasteiger partial charge is 0.363 e. The van der Waals surface area contributed by atoms with Crippen LogP contribution < -0.4 is 16.4 Å². The van der Waals surface area contributed by atoms with E-state index in [1.54, 1.807) is 7.05 Å². The fraction of sp³-hybridized carbons (Fsp3) is 1.00. The van der Waals surface area contributed by atoms with Crippen LogP contribution in [0.4, 0.5) is 0 Å². The van der Waals surface area contributed by atoms with Crippen molar-refractivity contribution in [3.8, 4) is 0 Å². The van der Waals surface area contributed by atoms with E-state index >= 15 is 0 Å². The molecule has 1 fully saturated rings. The standard InChI is InChI=1S/C10H23N3O3/c1-12-9-8-10(11,13-2)16-15-7-5-3-4-6-14-9/h9,12-13H,3-8,11H2,1-2H3. The van der Waals surface area contributed by atoms with Crippen LogP contribution >= 0.6 is 0 Å². The molecule has 96 valence electrons. The zero-order valence-electron chi connectivity index (χ0n) is 10.1. The summed E-state index contributed by atoms with van der Waals surface area (Å²) in [5, 5.41) is 5.94. The highest BCUT2D eigenvalue weighted by Crippen LogP contribution is 2.12. The highest BCUT2D eigenvalue weighted by molar-refractivity contribution is 4.71. The molecule has 6 nitrogen and oxygen atoms in total. The van der Waals surface area contributed by atoms with Gasteiger partial charge in [-0.25, -0.2) is 4.89 Å². The Morgan fingerprint density at radius 1 is 1.19 bits per heavy atom. The normalized spacial score (nSPS) is 34.3. The van der Waals surface area contributed by atoms with Gasteiger partial charge in [0, 0.05) is 13.0 Å². The minimum atomic E-state index is -1.02. The molecule has 0 bridgehead atoms. The number of nitrogens with one attached hydrogen (secondary N) is 2. The summed E-state index contributed by atoms with van der Waals surface area (Å²) >= 11 is 0. The maximum Gasteiger partial charge on any atom is 0.209 e. The smallest absolute Gasteiger partial charge is 0.209 e. The summed E-state index contributed by atoms with van der Waals surface area (Å²) in [4.78, 5) is 10.3. The minimum Gasteiger partial charge on any atom is -0.363 e. The first-order chi connectivity index (χ1) is 7.70. The van der Waals surface area contributed by atoms with Crippen molar-refractivity contribution in [2.45, 2.75) is 37.8 Å². The number of nitrogens with two attached hydrogens (primary N) is 1. The van der Waals surface area contributed by atoms with Crippen molar-refractivity contribution in [2.24, 2.45) is 5.73 Å². The fourth-order valence-electron chi connectivity index (χ4n) is 1.51.